The Morgan fingerprint density at radius 1 is 1.32 bits per heavy atom. The van der Waals surface area contributed by atoms with Gasteiger partial charge < -0.3 is 19.5 Å². The van der Waals surface area contributed by atoms with Gasteiger partial charge in [-0.05, 0) is 56.5 Å². The summed E-state index contributed by atoms with van der Waals surface area (Å²) < 4.78 is 5.23. The Morgan fingerprint density at radius 2 is 2.16 bits per heavy atom. The van der Waals surface area contributed by atoms with Crippen LogP contribution in [0.25, 0.3) is 0 Å². The van der Waals surface area contributed by atoms with Crippen molar-refractivity contribution in [3.63, 3.8) is 0 Å². The molecule has 1 atom stereocenters. The van der Waals surface area contributed by atoms with E-state index >= 15 is 0 Å². The van der Waals surface area contributed by atoms with Crippen LogP contribution in [0.5, 0.6) is 5.75 Å². The number of aromatic amines is 1. The molecular formula is C20H30N4O. The van der Waals surface area contributed by atoms with Crippen LogP contribution in [0, 0.1) is 5.92 Å². The fourth-order valence-electron chi connectivity index (χ4n) is 3.75. The Labute approximate surface area is 151 Å². The molecule has 0 saturated carbocycles. The van der Waals surface area contributed by atoms with Crippen LogP contribution in [0.4, 0.5) is 0 Å². The molecule has 1 aromatic carbocycles. The highest BCUT2D eigenvalue weighted by molar-refractivity contribution is 5.27. The minimum atomic E-state index is 0.762. The number of methoxy groups -OCH3 is 1. The number of H-pyrrole nitrogens is 1. The smallest absolute Gasteiger partial charge is 0.118 e. The lowest BCUT2D eigenvalue weighted by atomic mass is 9.97. The maximum Gasteiger partial charge on any atom is 0.118 e. The average Bonchev–Trinajstić information content (AvgIpc) is 3.13. The first-order chi connectivity index (χ1) is 12.2. The van der Waals surface area contributed by atoms with Gasteiger partial charge in [0, 0.05) is 38.1 Å². The number of hydrogen-bond donors (Lipinski definition) is 1. The van der Waals surface area contributed by atoms with E-state index < -0.39 is 0 Å². The number of benzene rings is 1. The van der Waals surface area contributed by atoms with Crippen molar-refractivity contribution in [2.45, 2.75) is 25.8 Å². The molecule has 25 heavy (non-hydrogen) atoms. The van der Waals surface area contributed by atoms with Gasteiger partial charge >= 0.3 is 0 Å². The number of likely N-dealkylation sites (tertiary alicyclic amines) is 1. The van der Waals surface area contributed by atoms with Crippen molar-refractivity contribution in [1.82, 2.24) is 19.8 Å². The number of rotatable bonds is 8. The topological polar surface area (TPSA) is 44.4 Å². The molecule has 0 bridgehead atoms. The summed E-state index contributed by atoms with van der Waals surface area (Å²) >= 11 is 0. The third-order valence-corrected chi connectivity index (χ3v) is 5.04. The van der Waals surface area contributed by atoms with Crippen molar-refractivity contribution in [1.29, 1.82) is 0 Å². The molecule has 0 spiro atoms. The van der Waals surface area contributed by atoms with Crippen LogP contribution in [-0.2, 0) is 13.0 Å². The Kier molecular flexibility index (Phi) is 6.48. The number of hydrogen-bond acceptors (Lipinski definition) is 4. The van der Waals surface area contributed by atoms with Gasteiger partial charge in [0.05, 0.1) is 13.4 Å². The summed E-state index contributed by atoms with van der Waals surface area (Å²) in [5.74, 6) is 1.69. The van der Waals surface area contributed by atoms with Crippen molar-refractivity contribution in [3.05, 3.63) is 48.0 Å². The molecule has 1 aromatic heterocycles. The standard InChI is InChI=1S/C20H30N4O/c1-23(15-19-12-21-16-22-19)13-18-4-3-10-24(14-18)11-9-17-5-7-20(25-2)8-6-17/h5-8,12,16,18H,3-4,9-11,13-15H2,1-2H3,(H,21,22)/t18-/m1/s1. The molecule has 136 valence electrons. The molecule has 1 saturated heterocycles. The van der Waals surface area contributed by atoms with E-state index in [4.69, 9.17) is 4.74 Å². The second-order valence-corrected chi connectivity index (χ2v) is 7.18. The zero-order valence-electron chi connectivity index (χ0n) is 15.4. The molecule has 5 nitrogen and oxygen atoms in total. The summed E-state index contributed by atoms with van der Waals surface area (Å²) in [4.78, 5) is 12.3. The number of aromatic nitrogens is 2. The van der Waals surface area contributed by atoms with E-state index in [1.165, 1.54) is 37.2 Å². The average molecular weight is 342 g/mol. The fraction of sp³-hybridized carbons (Fsp3) is 0.550. The van der Waals surface area contributed by atoms with E-state index in [0.29, 0.717) is 0 Å². The number of imidazole rings is 1. The van der Waals surface area contributed by atoms with Crippen molar-refractivity contribution < 1.29 is 4.74 Å². The van der Waals surface area contributed by atoms with Crippen LogP contribution in [0.1, 0.15) is 24.1 Å². The van der Waals surface area contributed by atoms with Gasteiger partial charge in [-0.1, -0.05) is 12.1 Å². The van der Waals surface area contributed by atoms with Crippen LogP contribution in [-0.4, -0.2) is 60.1 Å². The maximum absolute atomic E-state index is 5.23. The molecular weight excluding hydrogens is 312 g/mol. The zero-order chi connectivity index (χ0) is 17.5. The molecule has 5 heteroatoms. The lowest BCUT2D eigenvalue weighted by Gasteiger charge is -2.34. The first kappa shape index (κ1) is 18.0. The van der Waals surface area contributed by atoms with Gasteiger partial charge in [0.25, 0.3) is 0 Å². The number of piperidine rings is 1. The Hall–Kier alpha value is -1.85. The van der Waals surface area contributed by atoms with Crippen LogP contribution in [0.3, 0.4) is 0 Å². The molecule has 1 aliphatic heterocycles. The molecule has 1 aliphatic rings. The fourth-order valence-corrected chi connectivity index (χ4v) is 3.75. The van der Waals surface area contributed by atoms with Crippen molar-refractivity contribution in [2.75, 3.05) is 40.3 Å². The molecule has 1 N–H and O–H groups in total. The highest BCUT2D eigenvalue weighted by Crippen LogP contribution is 2.19. The molecule has 2 aromatic rings. The number of nitrogens with one attached hydrogen (secondary N) is 1. The second-order valence-electron chi connectivity index (χ2n) is 7.18. The molecule has 3 rings (SSSR count). The summed E-state index contributed by atoms with van der Waals surface area (Å²) in [7, 11) is 3.92. The lowest BCUT2D eigenvalue weighted by molar-refractivity contribution is 0.142. The summed E-state index contributed by atoms with van der Waals surface area (Å²) in [6, 6.07) is 8.47. The van der Waals surface area contributed by atoms with E-state index in [1.54, 1.807) is 13.4 Å². The van der Waals surface area contributed by atoms with Gasteiger partial charge in [0.1, 0.15) is 5.75 Å². The highest BCUT2D eigenvalue weighted by atomic mass is 16.5. The molecule has 1 fully saturated rings. The van der Waals surface area contributed by atoms with Crippen molar-refractivity contribution in [3.8, 4) is 5.75 Å². The van der Waals surface area contributed by atoms with Gasteiger partial charge in [-0.3, -0.25) is 0 Å². The zero-order valence-corrected chi connectivity index (χ0v) is 15.4. The van der Waals surface area contributed by atoms with E-state index in [9.17, 15) is 0 Å². The first-order valence-corrected chi connectivity index (χ1v) is 9.24. The van der Waals surface area contributed by atoms with Gasteiger partial charge in [0.15, 0.2) is 0 Å². The SMILES string of the molecule is COc1ccc(CCN2CCC[C@H](CN(C)Cc3cnc[nH]3)C2)cc1. The molecule has 2 heterocycles. The predicted octanol–water partition coefficient (Wildman–Crippen LogP) is 2.80. The summed E-state index contributed by atoms with van der Waals surface area (Å²) in [5, 5.41) is 0. The summed E-state index contributed by atoms with van der Waals surface area (Å²) in [6.07, 6.45) is 7.43. The molecule has 0 radical (unpaired) electrons. The number of ether oxygens (including phenoxy) is 1. The number of nitrogens with zero attached hydrogens (tertiary/aromatic N) is 3. The highest BCUT2D eigenvalue weighted by Gasteiger charge is 2.21. The minimum Gasteiger partial charge on any atom is -0.497 e. The van der Waals surface area contributed by atoms with Gasteiger partial charge in [-0.15, -0.1) is 0 Å². The molecule has 0 aliphatic carbocycles. The van der Waals surface area contributed by atoms with Crippen molar-refractivity contribution >= 4 is 0 Å². The van der Waals surface area contributed by atoms with E-state index in [2.05, 4.69) is 51.1 Å². The first-order valence-electron chi connectivity index (χ1n) is 9.24. The quantitative estimate of drug-likeness (QED) is 0.801. The third kappa shape index (κ3) is 5.58. The second kappa shape index (κ2) is 9.02. The Bertz CT molecular complexity index is 611. The van der Waals surface area contributed by atoms with Gasteiger partial charge in [0.2, 0.25) is 0 Å². The Morgan fingerprint density at radius 3 is 2.88 bits per heavy atom. The van der Waals surface area contributed by atoms with Crippen molar-refractivity contribution in [2.24, 2.45) is 5.92 Å². The van der Waals surface area contributed by atoms with Crippen LogP contribution in [0.2, 0.25) is 0 Å². The van der Waals surface area contributed by atoms with Crippen LogP contribution >= 0.6 is 0 Å². The molecule has 0 unspecified atom stereocenters. The monoisotopic (exact) mass is 342 g/mol. The van der Waals surface area contributed by atoms with E-state index in [0.717, 1.165) is 37.7 Å². The van der Waals surface area contributed by atoms with Crippen LogP contribution < -0.4 is 4.74 Å². The summed E-state index contributed by atoms with van der Waals surface area (Å²) in [6.45, 7) is 5.69. The van der Waals surface area contributed by atoms with Crippen LogP contribution in [0.15, 0.2) is 36.8 Å². The predicted molar refractivity (Wildman–Crippen MR) is 101 cm³/mol. The van der Waals surface area contributed by atoms with E-state index in [1.807, 2.05) is 6.20 Å². The van der Waals surface area contributed by atoms with E-state index in [-0.39, 0.29) is 0 Å². The lowest BCUT2D eigenvalue weighted by Crippen LogP contribution is -2.40. The molecule has 0 amide bonds. The van der Waals surface area contributed by atoms with Gasteiger partial charge in [-0.25, -0.2) is 4.98 Å². The normalized spacial score (nSPS) is 18.6. The third-order valence-electron chi connectivity index (χ3n) is 5.04. The van der Waals surface area contributed by atoms with Gasteiger partial charge in [-0.2, -0.15) is 0 Å². The maximum atomic E-state index is 5.23. The summed E-state index contributed by atoms with van der Waals surface area (Å²) in [5.41, 5.74) is 2.58. The minimum absolute atomic E-state index is 0.762. The Balaban J connectivity index is 1.42. The largest absolute Gasteiger partial charge is 0.497 e.